The molecule has 0 aromatic heterocycles. The zero-order chi connectivity index (χ0) is 15.6. The third-order valence-corrected chi connectivity index (χ3v) is 5.63. The van der Waals surface area contributed by atoms with E-state index in [1.165, 1.54) is 25.0 Å². The van der Waals surface area contributed by atoms with Crippen LogP contribution in [-0.2, 0) is 9.84 Å². The van der Waals surface area contributed by atoms with Crippen LogP contribution in [-0.4, -0.2) is 45.4 Å². The van der Waals surface area contributed by atoms with Crippen LogP contribution in [0.15, 0.2) is 28.5 Å². The lowest BCUT2D eigenvalue weighted by atomic mass is 10.1. The molecule has 0 unspecified atom stereocenters. The van der Waals surface area contributed by atoms with Crippen molar-refractivity contribution in [3.05, 3.63) is 34.7 Å². The second-order valence-corrected chi connectivity index (χ2v) is 7.53. The molecule has 0 aliphatic carbocycles. The average Bonchev–Trinajstić information content (AvgIpc) is 3.12. The molecule has 5 nitrogen and oxygen atoms in total. The minimum atomic E-state index is -3.37. The molecule has 2 aliphatic heterocycles. The van der Waals surface area contributed by atoms with E-state index < -0.39 is 9.84 Å². The lowest BCUT2D eigenvalue weighted by Crippen LogP contribution is -2.29. The number of sulfone groups is 1. The summed E-state index contributed by atoms with van der Waals surface area (Å²) < 4.78 is 23.6. The van der Waals surface area contributed by atoms with Crippen LogP contribution in [0.2, 0.25) is 0 Å². The first-order valence-electron chi connectivity index (χ1n) is 7.65. The van der Waals surface area contributed by atoms with Crippen molar-refractivity contribution in [1.82, 2.24) is 10.2 Å². The van der Waals surface area contributed by atoms with E-state index in [4.69, 9.17) is 0 Å². The zero-order valence-electron chi connectivity index (χ0n) is 12.4. The minimum absolute atomic E-state index is 0.208. The Morgan fingerprint density at radius 2 is 2.00 bits per heavy atom. The summed E-state index contributed by atoms with van der Waals surface area (Å²) in [6, 6.07) is 4.82. The Morgan fingerprint density at radius 3 is 2.77 bits per heavy atom. The van der Waals surface area contributed by atoms with Crippen LogP contribution in [0.4, 0.5) is 0 Å². The van der Waals surface area contributed by atoms with Crippen molar-refractivity contribution in [2.75, 3.05) is 26.2 Å². The topological polar surface area (TPSA) is 66.5 Å². The number of likely N-dealkylation sites (tertiary alicyclic amines) is 1. The largest absolute Gasteiger partial charge is 0.352 e. The number of rotatable bonds is 5. The second kappa shape index (κ2) is 6.22. The molecule has 1 aromatic rings. The molecule has 118 valence electrons. The fourth-order valence-electron chi connectivity index (χ4n) is 3.00. The summed E-state index contributed by atoms with van der Waals surface area (Å²) in [5.41, 5.74) is 0.926. The van der Waals surface area contributed by atoms with E-state index in [9.17, 15) is 13.2 Å². The summed E-state index contributed by atoms with van der Waals surface area (Å²) in [6.07, 6.45) is 4.95. The van der Waals surface area contributed by atoms with Gasteiger partial charge in [0.1, 0.15) is 0 Å². The summed E-state index contributed by atoms with van der Waals surface area (Å²) in [7, 11) is -3.37. The Labute approximate surface area is 130 Å². The molecule has 0 radical (unpaired) electrons. The molecule has 2 heterocycles. The quantitative estimate of drug-likeness (QED) is 0.838. The number of nitrogens with zero attached hydrogens (tertiary/aromatic N) is 1. The van der Waals surface area contributed by atoms with Crippen LogP contribution < -0.4 is 5.32 Å². The fourth-order valence-corrected chi connectivity index (χ4v) is 4.21. The van der Waals surface area contributed by atoms with Crippen LogP contribution in [0.3, 0.4) is 0 Å². The van der Waals surface area contributed by atoms with Crippen LogP contribution in [0.1, 0.15) is 35.2 Å². The summed E-state index contributed by atoms with van der Waals surface area (Å²) in [4.78, 5) is 14.9. The predicted molar refractivity (Wildman–Crippen MR) is 85.3 cm³/mol. The zero-order valence-corrected chi connectivity index (χ0v) is 13.2. The van der Waals surface area contributed by atoms with E-state index in [0.717, 1.165) is 31.5 Å². The molecule has 1 amide bonds. The van der Waals surface area contributed by atoms with E-state index in [-0.39, 0.29) is 10.8 Å². The van der Waals surface area contributed by atoms with Gasteiger partial charge < -0.3 is 10.2 Å². The highest BCUT2D eigenvalue weighted by Crippen LogP contribution is 2.29. The molecule has 1 fully saturated rings. The van der Waals surface area contributed by atoms with Crippen molar-refractivity contribution in [3.8, 4) is 0 Å². The fraction of sp³-hybridized carbons (Fsp3) is 0.438. The van der Waals surface area contributed by atoms with Gasteiger partial charge in [-0.05, 0) is 57.1 Å². The lowest BCUT2D eigenvalue weighted by Gasteiger charge is -2.14. The normalized spacial score (nSPS) is 19.3. The first-order valence-corrected chi connectivity index (χ1v) is 9.19. The third kappa shape index (κ3) is 3.08. The number of carbonyl (C=O) groups is 1. The van der Waals surface area contributed by atoms with Crippen LogP contribution in [0.25, 0.3) is 6.08 Å². The Morgan fingerprint density at radius 1 is 1.23 bits per heavy atom. The Kier molecular flexibility index (Phi) is 4.31. The Balaban J connectivity index is 1.59. The van der Waals surface area contributed by atoms with Crippen LogP contribution in [0, 0.1) is 0 Å². The molecule has 3 rings (SSSR count). The molecule has 1 aromatic carbocycles. The van der Waals surface area contributed by atoms with Crippen LogP contribution in [0.5, 0.6) is 0 Å². The molecule has 22 heavy (non-hydrogen) atoms. The number of hydrogen-bond donors (Lipinski definition) is 1. The number of carbonyl (C=O) groups excluding carboxylic acids is 1. The van der Waals surface area contributed by atoms with Gasteiger partial charge in [0, 0.05) is 23.1 Å². The number of nitrogens with one attached hydrogen (secondary N) is 1. The number of fused-ring (bicyclic) bond motifs is 1. The maximum Gasteiger partial charge on any atom is 0.251 e. The van der Waals surface area contributed by atoms with Gasteiger partial charge in [-0.2, -0.15) is 0 Å². The van der Waals surface area contributed by atoms with E-state index in [0.29, 0.717) is 17.7 Å². The first kappa shape index (κ1) is 15.2. The van der Waals surface area contributed by atoms with E-state index in [1.807, 2.05) is 0 Å². The molecule has 2 aliphatic rings. The summed E-state index contributed by atoms with van der Waals surface area (Å²) in [6.45, 7) is 3.92. The maximum absolute atomic E-state index is 12.3. The van der Waals surface area contributed by atoms with Crippen LogP contribution >= 0.6 is 0 Å². The number of benzene rings is 1. The molecule has 0 atom stereocenters. The molecular formula is C16H20N2O3S. The van der Waals surface area contributed by atoms with Crippen molar-refractivity contribution in [3.63, 3.8) is 0 Å². The van der Waals surface area contributed by atoms with E-state index in [1.54, 1.807) is 12.1 Å². The van der Waals surface area contributed by atoms with Gasteiger partial charge in [-0.25, -0.2) is 8.42 Å². The van der Waals surface area contributed by atoms with Gasteiger partial charge in [0.15, 0.2) is 9.84 Å². The van der Waals surface area contributed by atoms with Crippen molar-refractivity contribution < 1.29 is 13.2 Å². The monoisotopic (exact) mass is 320 g/mol. The van der Waals surface area contributed by atoms with Gasteiger partial charge in [0.25, 0.3) is 5.91 Å². The van der Waals surface area contributed by atoms with Gasteiger partial charge in [0.05, 0.1) is 4.90 Å². The minimum Gasteiger partial charge on any atom is -0.352 e. The van der Waals surface area contributed by atoms with E-state index >= 15 is 0 Å². The third-order valence-electron chi connectivity index (χ3n) is 4.17. The highest BCUT2D eigenvalue weighted by atomic mass is 32.2. The van der Waals surface area contributed by atoms with Gasteiger partial charge >= 0.3 is 0 Å². The lowest BCUT2D eigenvalue weighted by molar-refractivity contribution is 0.0951. The maximum atomic E-state index is 12.3. The summed E-state index contributed by atoms with van der Waals surface area (Å²) >= 11 is 0. The molecule has 6 heteroatoms. The van der Waals surface area contributed by atoms with Crippen molar-refractivity contribution >= 4 is 21.8 Å². The molecule has 1 N–H and O–H groups in total. The molecule has 1 saturated heterocycles. The van der Waals surface area contributed by atoms with Crippen molar-refractivity contribution in [2.45, 2.75) is 24.2 Å². The van der Waals surface area contributed by atoms with Gasteiger partial charge in [0.2, 0.25) is 0 Å². The smallest absolute Gasteiger partial charge is 0.251 e. The predicted octanol–water partition coefficient (Wildman–Crippen LogP) is 1.66. The molecule has 0 bridgehead atoms. The molecule has 0 spiro atoms. The van der Waals surface area contributed by atoms with Gasteiger partial charge in [-0.15, -0.1) is 0 Å². The van der Waals surface area contributed by atoms with Crippen molar-refractivity contribution in [1.29, 1.82) is 0 Å². The average molecular weight is 320 g/mol. The van der Waals surface area contributed by atoms with Crippen molar-refractivity contribution in [2.24, 2.45) is 0 Å². The standard InChI is InChI=1S/C16H20N2O3S/c19-16(17-8-4-11-18-9-1-2-10-18)14-5-3-6-15-13(14)7-12-22(15,20)21/h3,5-7,12H,1-2,4,8-11H2,(H,17,19). The highest BCUT2D eigenvalue weighted by molar-refractivity contribution is 7.94. The first-order chi connectivity index (χ1) is 10.6. The van der Waals surface area contributed by atoms with Gasteiger partial charge in [-0.3, -0.25) is 4.79 Å². The number of hydrogen-bond acceptors (Lipinski definition) is 4. The summed E-state index contributed by atoms with van der Waals surface area (Å²) in [5, 5.41) is 4.04. The second-order valence-electron chi connectivity index (χ2n) is 5.72. The summed E-state index contributed by atoms with van der Waals surface area (Å²) in [5.74, 6) is -0.208. The van der Waals surface area contributed by atoms with Gasteiger partial charge in [-0.1, -0.05) is 6.07 Å². The molecular weight excluding hydrogens is 300 g/mol. The Hall–Kier alpha value is -1.66. The Bertz CT molecular complexity index is 704. The molecule has 0 saturated carbocycles. The number of amides is 1. The van der Waals surface area contributed by atoms with E-state index in [2.05, 4.69) is 10.2 Å². The highest BCUT2D eigenvalue weighted by Gasteiger charge is 2.24. The SMILES string of the molecule is O=C(NCCCN1CCCC1)c1cccc2c1C=CS2(=O)=O.